The number of halogens is 1. The summed E-state index contributed by atoms with van der Waals surface area (Å²) in [5, 5.41) is 31.9. The molecule has 0 amide bonds. The molecule has 1 rings (SSSR count). The molecule has 3 N–H and O–H groups in total. The Morgan fingerprint density at radius 2 is 1.76 bits per heavy atom. The minimum atomic E-state index is -2.61. The van der Waals surface area contributed by atoms with Gasteiger partial charge in [0.15, 0.2) is 5.67 Å². The predicted molar refractivity (Wildman–Crippen MR) is 56.9 cm³/mol. The average Bonchev–Trinajstić information content (AvgIpc) is 2.22. The van der Waals surface area contributed by atoms with Gasteiger partial charge in [-0.3, -0.25) is 0 Å². The molecule has 1 aliphatic heterocycles. The van der Waals surface area contributed by atoms with Crippen molar-refractivity contribution in [3.63, 3.8) is 0 Å². The van der Waals surface area contributed by atoms with Crippen LogP contribution in [0.1, 0.15) is 27.7 Å². The Kier molecular flexibility index (Phi) is 3.12. The SMILES string of the molecule is CC1(N=O)OC(CO)C(C)(O)C(C)(O)C1(C)F. The number of hydrogen-bond acceptors (Lipinski definition) is 6. The second-order valence-electron chi connectivity index (χ2n) is 5.09. The molecule has 1 fully saturated rings. The van der Waals surface area contributed by atoms with Crippen LogP contribution >= 0.6 is 0 Å². The number of nitrogens with zero attached hydrogens (tertiary/aromatic N) is 1. The van der Waals surface area contributed by atoms with Crippen LogP contribution < -0.4 is 0 Å². The van der Waals surface area contributed by atoms with Crippen molar-refractivity contribution in [1.29, 1.82) is 0 Å². The average molecular weight is 251 g/mol. The molecule has 0 aromatic carbocycles. The van der Waals surface area contributed by atoms with Gasteiger partial charge in [0, 0.05) is 0 Å². The van der Waals surface area contributed by atoms with E-state index >= 15 is 0 Å². The van der Waals surface area contributed by atoms with Crippen LogP contribution in [-0.4, -0.2) is 50.6 Å². The van der Waals surface area contributed by atoms with Crippen LogP contribution in [0.4, 0.5) is 4.39 Å². The topological polar surface area (TPSA) is 99.4 Å². The van der Waals surface area contributed by atoms with Crippen LogP contribution in [-0.2, 0) is 4.74 Å². The van der Waals surface area contributed by atoms with Crippen molar-refractivity contribution in [2.45, 2.75) is 56.4 Å². The van der Waals surface area contributed by atoms with E-state index in [0.29, 0.717) is 0 Å². The highest BCUT2D eigenvalue weighted by atomic mass is 19.1. The monoisotopic (exact) mass is 251 g/mol. The third kappa shape index (κ3) is 1.53. The maximum atomic E-state index is 14.6. The van der Waals surface area contributed by atoms with Gasteiger partial charge in [0.2, 0.25) is 5.72 Å². The van der Waals surface area contributed by atoms with Gasteiger partial charge in [-0.2, -0.15) is 0 Å². The molecule has 17 heavy (non-hydrogen) atoms. The molecule has 0 aromatic heterocycles. The number of hydrogen-bond donors (Lipinski definition) is 3. The fourth-order valence-corrected chi connectivity index (χ4v) is 2.07. The van der Waals surface area contributed by atoms with Gasteiger partial charge in [-0.15, -0.1) is 4.91 Å². The Labute approximate surface area is 98.4 Å². The van der Waals surface area contributed by atoms with E-state index in [0.717, 1.165) is 27.7 Å². The lowest BCUT2D eigenvalue weighted by molar-refractivity contribution is -0.353. The summed E-state index contributed by atoms with van der Waals surface area (Å²) in [6.07, 6.45) is -1.32. The summed E-state index contributed by atoms with van der Waals surface area (Å²) in [5.41, 5.74) is -9.17. The maximum absolute atomic E-state index is 14.6. The lowest BCUT2D eigenvalue weighted by atomic mass is 9.65. The molecule has 6 nitrogen and oxygen atoms in total. The molecule has 1 aliphatic rings. The predicted octanol–water partition coefficient (Wildman–Crippen LogP) is 0.0903. The van der Waals surface area contributed by atoms with Crippen molar-refractivity contribution in [2.24, 2.45) is 5.18 Å². The number of rotatable bonds is 2. The maximum Gasteiger partial charge on any atom is 0.234 e. The Morgan fingerprint density at radius 3 is 2.12 bits per heavy atom. The smallest absolute Gasteiger partial charge is 0.234 e. The number of aliphatic hydroxyl groups excluding tert-OH is 1. The molecule has 0 spiro atoms. The summed E-state index contributed by atoms with van der Waals surface area (Å²) in [7, 11) is 0. The summed E-state index contributed by atoms with van der Waals surface area (Å²) in [6, 6.07) is 0. The van der Waals surface area contributed by atoms with Crippen LogP contribution in [0.5, 0.6) is 0 Å². The molecule has 5 atom stereocenters. The van der Waals surface area contributed by atoms with Crippen molar-refractivity contribution in [3.8, 4) is 0 Å². The third-order valence-corrected chi connectivity index (χ3v) is 4.11. The zero-order chi connectivity index (χ0) is 13.7. The zero-order valence-electron chi connectivity index (χ0n) is 10.3. The van der Waals surface area contributed by atoms with Crippen LogP contribution in [0.2, 0.25) is 0 Å². The lowest BCUT2D eigenvalue weighted by Gasteiger charge is -2.58. The fourth-order valence-electron chi connectivity index (χ4n) is 2.07. The van der Waals surface area contributed by atoms with Crippen LogP contribution in [0, 0.1) is 4.91 Å². The standard InChI is InChI=1S/C10H18FNO5/c1-7(14)6(5-13)17-10(4,12-16)8(2,11)9(7,3)15/h6,13-15H,5H2,1-4H3. The summed E-state index contributed by atoms with van der Waals surface area (Å²) in [4.78, 5) is 10.8. The van der Waals surface area contributed by atoms with Gasteiger partial charge in [-0.05, 0) is 32.9 Å². The highest BCUT2D eigenvalue weighted by Crippen LogP contribution is 2.51. The summed E-state index contributed by atoms with van der Waals surface area (Å²) in [6.45, 7) is 3.49. The Balaban J connectivity index is 3.39. The number of ether oxygens (including phenoxy) is 1. The van der Waals surface area contributed by atoms with Gasteiger partial charge in [-0.25, -0.2) is 4.39 Å². The van der Waals surface area contributed by atoms with E-state index in [9.17, 15) is 19.5 Å². The quantitative estimate of drug-likeness (QED) is 0.604. The van der Waals surface area contributed by atoms with Crippen LogP contribution in [0.25, 0.3) is 0 Å². The van der Waals surface area contributed by atoms with Crippen molar-refractivity contribution in [1.82, 2.24) is 0 Å². The first-order chi connectivity index (χ1) is 7.48. The van der Waals surface area contributed by atoms with E-state index < -0.39 is 35.3 Å². The molecule has 0 aliphatic carbocycles. The summed E-state index contributed by atoms with van der Waals surface area (Å²) < 4.78 is 19.6. The summed E-state index contributed by atoms with van der Waals surface area (Å²) >= 11 is 0. The second-order valence-corrected chi connectivity index (χ2v) is 5.09. The lowest BCUT2D eigenvalue weighted by Crippen LogP contribution is -2.78. The van der Waals surface area contributed by atoms with E-state index in [2.05, 4.69) is 5.18 Å². The molecule has 0 bridgehead atoms. The molecule has 0 radical (unpaired) electrons. The normalized spacial score (nSPS) is 55.6. The van der Waals surface area contributed by atoms with Crippen molar-refractivity contribution in [3.05, 3.63) is 4.91 Å². The third-order valence-electron chi connectivity index (χ3n) is 4.11. The number of aliphatic hydroxyl groups is 3. The Morgan fingerprint density at radius 1 is 1.29 bits per heavy atom. The number of alkyl halides is 1. The van der Waals surface area contributed by atoms with Gasteiger partial charge in [0.25, 0.3) is 0 Å². The molecule has 0 saturated carbocycles. The first-order valence-electron chi connectivity index (χ1n) is 5.25. The van der Waals surface area contributed by atoms with Gasteiger partial charge in [0.05, 0.1) is 6.61 Å². The van der Waals surface area contributed by atoms with E-state index in [-0.39, 0.29) is 0 Å². The highest BCUT2D eigenvalue weighted by Gasteiger charge is 2.72. The first-order valence-corrected chi connectivity index (χ1v) is 5.25. The van der Waals surface area contributed by atoms with E-state index in [1.807, 2.05) is 0 Å². The minimum Gasteiger partial charge on any atom is -0.394 e. The molecule has 1 saturated heterocycles. The summed E-state index contributed by atoms with van der Waals surface area (Å²) in [5.74, 6) is 0. The molecular weight excluding hydrogens is 233 g/mol. The molecule has 1 heterocycles. The molecule has 5 unspecified atom stereocenters. The minimum absolute atomic E-state index is 0.676. The van der Waals surface area contributed by atoms with Crippen molar-refractivity contribution < 1.29 is 24.4 Å². The van der Waals surface area contributed by atoms with E-state index in [1.165, 1.54) is 0 Å². The zero-order valence-corrected chi connectivity index (χ0v) is 10.3. The van der Waals surface area contributed by atoms with Crippen LogP contribution in [0.3, 0.4) is 0 Å². The van der Waals surface area contributed by atoms with Gasteiger partial charge >= 0.3 is 0 Å². The van der Waals surface area contributed by atoms with Crippen molar-refractivity contribution >= 4 is 0 Å². The van der Waals surface area contributed by atoms with Crippen LogP contribution in [0.15, 0.2) is 5.18 Å². The number of nitroso groups, excluding NO2 is 1. The van der Waals surface area contributed by atoms with Gasteiger partial charge in [0.1, 0.15) is 17.3 Å². The van der Waals surface area contributed by atoms with Gasteiger partial charge in [-0.1, -0.05) is 0 Å². The largest absolute Gasteiger partial charge is 0.394 e. The van der Waals surface area contributed by atoms with E-state index in [1.54, 1.807) is 0 Å². The second kappa shape index (κ2) is 3.68. The van der Waals surface area contributed by atoms with Gasteiger partial charge < -0.3 is 20.1 Å². The Hall–Kier alpha value is -0.630. The first kappa shape index (κ1) is 14.4. The van der Waals surface area contributed by atoms with Crippen molar-refractivity contribution in [2.75, 3.05) is 6.61 Å². The highest BCUT2D eigenvalue weighted by molar-refractivity contribution is 5.19. The molecule has 0 aromatic rings. The Bertz CT molecular complexity index is 331. The molecule has 100 valence electrons. The fraction of sp³-hybridized carbons (Fsp3) is 1.00. The molecular formula is C10H18FNO5. The van der Waals surface area contributed by atoms with E-state index in [4.69, 9.17) is 9.84 Å². The molecule has 7 heteroatoms.